The average molecular weight is 572 g/mol. The maximum absolute atomic E-state index is 12.6. The van der Waals surface area contributed by atoms with Gasteiger partial charge in [-0.05, 0) is 26.8 Å². The molecule has 31 heavy (non-hydrogen) atoms. The van der Waals surface area contributed by atoms with Crippen LogP contribution in [0.5, 0.6) is 5.75 Å². The molecule has 0 bridgehead atoms. The Kier molecular flexibility index (Phi) is 10.5. The Hall–Kier alpha value is -2.09. The van der Waals surface area contributed by atoms with Crippen LogP contribution in [0.2, 0.25) is 0 Å². The summed E-state index contributed by atoms with van der Waals surface area (Å²) in [6, 6.07) is 5.56. The monoisotopic (exact) mass is 572 g/mol. The summed E-state index contributed by atoms with van der Waals surface area (Å²) in [4.78, 5) is 20.9. The Morgan fingerprint density at radius 1 is 1.32 bits per heavy atom. The van der Waals surface area contributed by atoms with E-state index in [2.05, 4.69) is 25.3 Å². The van der Waals surface area contributed by atoms with E-state index in [0.29, 0.717) is 27.1 Å². The van der Waals surface area contributed by atoms with E-state index in [1.54, 1.807) is 19.9 Å². The van der Waals surface area contributed by atoms with Crippen molar-refractivity contribution in [3.63, 3.8) is 0 Å². The lowest BCUT2D eigenvalue weighted by Gasteiger charge is -2.18. The predicted octanol–water partition coefficient (Wildman–Crippen LogP) is 4.57. The number of nitrogens with zero attached hydrogens (tertiary/aromatic N) is 2. The first kappa shape index (κ1) is 26.9. The van der Waals surface area contributed by atoms with Gasteiger partial charge in [-0.15, -0.1) is 48.5 Å². The Labute approximate surface area is 199 Å². The minimum Gasteiger partial charge on any atom is -0.462 e. The zero-order valence-corrected chi connectivity index (χ0v) is 20.5. The fourth-order valence-corrected chi connectivity index (χ4v) is 3.47. The van der Waals surface area contributed by atoms with Crippen LogP contribution in [0, 0.1) is 6.92 Å². The number of aryl methyl sites for hydroxylation is 1. The molecule has 0 saturated carbocycles. The summed E-state index contributed by atoms with van der Waals surface area (Å²) in [5, 5.41) is 6.71. The molecule has 2 rings (SSSR count). The zero-order chi connectivity index (χ0) is 22.3. The maximum atomic E-state index is 12.6. The topological polar surface area (TPSA) is 84.8 Å². The molecule has 12 heteroatoms. The molecular weight excluding hydrogens is 548 g/mol. The van der Waals surface area contributed by atoms with E-state index >= 15 is 0 Å². The first-order chi connectivity index (χ1) is 14.1. The number of aromatic nitrogens is 1. The van der Waals surface area contributed by atoms with Gasteiger partial charge in [-0.2, -0.15) is 0 Å². The molecule has 0 aliphatic heterocycles. The van der Waals surface area contributed by atoms with E-state index in [1.165, 1.54) is 36.6 Å². The molecular formula is C19H24F3IN4O3S. The van der Waals surface area contributed by atoms with Crippen molar-refractivity contribution in [3.05, 3.63) is 45.4 Å². The molecule has 0 aliphatic rings. The average Bonchev–Trinajstić information content (AvgIpc) is 3.07. The number of hydrogen-bond acceptors (Lipinski definition) is 6. The van der Waals surface area contributed by atoms with Gasteiger partial charge in [0.2, 0.25) is 0 Å². The first-order valence-electron chi connectivity index (χ1n) is 9.09. The number of aliphatic imine (C=N–C) groups is 1. The Balaban J connectivity index is 0.00000480. The van der Waals surface area contributed by atoms with Gasteiger partial charge in [0, 0.05) is 19.2 Å². The largest absolute Gasteiger partial charge is 0.573 e. The highest BCUT2D eigenvalue weighted by Crippen LogP contribution is 2.26. The number of esters is 1. The number of hydrogen-bond donors (Lipinski definition) is 2. The summed E-state index contributed by atoms with van der Waals surface area (Å²) < 4.78 is 46.8. The molecule has 0 spiro atoms. The quantitative estimate of drug-likeness (QED) is 0.219. The normalized spacial score (nSPS) is 12.5. The van der Waals surface area contributed by atoms with E-state index in [4.69, 9.17) is 4.74 Å². The minimum absolute atomic E-state index is 0. The molecule has 0 amide bonds. The number of guanidine groups is 1. The number of carbonyl (C=O) groups excluding carboxylic acids is 1. The fourth-order valence-electron chi connectivity index (χ4n) is 2.50. The third kappa shape index (κ3) is 8.16. The number of carbonyl (C=O) groups is 1. The van der Waals surface area contributed by atoms with E-state index in [1.807, 2.05) is 6.92 Å². The molecule has 2 N–H and O–H groups in total. The fraction of sp³-hybridized carbons (Fsp3) is 0.421. The van der Waals surface area contributed by atoms with Crippen LogP contribution in [-0.2, 0) is 11.3 Å². The third-order valence-electron chi connectivity index (χ3n) is 3.87. The number of thiazole rings is 1. The molecule has 7 nitrogen and oxygen atoms in total. The molecule has 2 aromatic rings. The number of rotatable bonds is 7. The highest BCUT2D eigenvalue weighted by Gasteiger charge is 2.32. The van der Waals surface area contributed by atoms with Gasteiger partial charge >= 0.3 is 12.3 Å². The van der Waals surface area contributed by atoms with E-state index in [9.17, 15) is 18.0 Å². The van der Waals surface area contributed by atoms with E-state index in [0.717, 1.165) is 0 Å². The predicted molar refractivity (Wildman–Crippen MR) is 123 cm³/mol. The van der Waals surface area contributed by atoms with Crippen molar-refractivity contribution in [1.82, 2.24) is 15.6 Å². The van der Waals surface area contributed by atoms with Gasteiger partial charge in [-0.1, -0.05) is 18.2 Å². The standard InChI is InChI=1S/C19H23F3N4O3S.HI/c1-5-28-17(27)15-11(2)25-16(30-15)12(3)26-18(23-4)24-10-13-8-6-7-9-14(13)29-19(20,21)22;/h6-9,12H,5,10H2,1-4H3,(H2,23,24,26);1H. The second-order valence-electron chi connectivity index (χ2n) is 6.13. The molecule has 0 aliphatic carbocycles. The summed E-state index contributed by atoms with van der Waals surface area (Å²) in [7, 11) is 1.54. The van der Waals surface area contributed by atoms with Crippen LogP contribution in [-0.4, -0.2) is 36.9 Å². The Morgan fingerprint density at radius 2 is 2.00 bits per heavy atom. The van der Waals surface area contributed by atoms with Crippen LogP contribution in [0.4, 0.5) is 13.2 Å². The lowest BCUT2D eigenvalue weighted by atomic mass is 10.2. The van der Waals surface area contributed by atoms with Gasteiger partial charge in [0.05, 0.1) is 18.3 Å². The van der Waals surface area contributed by atoms with Crippen molar-refractivity contribution in [2.75, 3.05) is 13.7 Å². The molecule has 1 aromatic heterocycles. The van der Waals surface area contributed by atoms with Crippen molar-refractivity contribution in [2.24, 2.45) is 4.99 Å². The number of ether oxygens (including phenoxy) is 2. The summed E-state index contributed by atoms with van der Waals surface area (Å²) in [5.41, 5.74) is 0.892. The van der Waals surface area contributed by atoms with Gasteiger partial charge in [0.1, 0.15) is 15.6 Å². The first-order valence-corrected chi connectivity index (χ1v) is 9.91. The van der Waals surface area contributed by atoms with E-state index < -0.39 is 12.3 Å². The lowest BCUT2D eigenvalue weighted by Crippen LogP contribution is -2.38. The van der Waals surface area contributed by atoms with Gasteiger partial charge in [0.15, 0.2) is 5.96 Å². The van der Waals surface area contributed by atoms with Crippen molar-refractivity contribution in [3.8, 4) is 5.75 Å². The van der Waals surface area contributed by atoms with E-state index in [-0.39, 0.29) is 48.9 Å². The van der Waals surface area contributed by atoms with Crippen LogP contribution in [0.15, 0.2) is 29.3 Å². The van der Waals surface area contributed by atoms with Gasteiger partial charge in [-0.25, -0.2) is 9.78 Å². The van der Waals surface area contributed by atoms with Crippen molar-refractivity contribution in [2.45, 2.75) is 39.7 Å². The molecule has 0 fully saturated rings. The van der Waals surface area contributed by atoms with Gasteiger partial charge in [0.25, 0.3) is 0 Å². The molecule has 1 aromatic carbocycles. The smallest absolute Gasteiger partial charge is 0.462 e. The van der Waals surface area contributed by atoms with Crippen molar-refractivity contribution in [1.29, 1.82) is 0 Å². The number of alkyl halides is 3. The highest BCUT2D eigenvalue weighted by atomic mass is 127. The van der Waals surface area contributed by atoms with Gasteiger partial charge in [-0.3, -0.25) is 4.99 Å². The molecule has 1 unspecified atom stereocenters. The molecule has 1 atom stereocenters. The summed E-state index contributed by atoms with van der Waals surface area (Å²) in [5.74, 6) is -0.347. The third-order valence-corrected chi connectivity index (χ3v) is 5.19. The van der Waals surface area contributed by atoms with Crippen LogP contribution >= 0.6 is 35.3 Å². The van der Waals surface area contributed by atoms with Crippen LogP contribution < -0.4 is 15.4 Å². The van der Waals surface area contributed by atoms with Crippen LogP contribution in [0.25, 0.3) is 0 Å². The molecule has 1 heterocycles. The van der Waals surface area contributed by atoms with Crippen LogP contribution in [0.1, 0.15) is 45.8 Å². The summed E-state index contributed by atoms with van der Waals surface area (Å²) >= 11 is 1.22. The van der Waals surface area contributed by atoms with Crippen LogP contribution in [0.3, 0.4) is 0 Å². The Bertz CT molecular complexity index is 906. The lowest BCUT2D eigenvalue weighted by molar-refractivity contribution is -0.274. The second-order valence-corrected chi connectivity index (χ2v) is 7.17. The van der Waals surface area contributed by atoms with Gasteiger partial charge < -0.3 is 20.1 Å². The minimum atomic E-state index is -4.77. The molecule has 0 radical (unpaired) electrons. The maximum Gasteiger partial charge on any atom is 0.573 e. The molecule has 172 valence electrons. The number of nitrogens with one attached hydrogen (secondary N) is 2. The molecule has 0 saturated heterocycles. The summed E-state index contributed by atoms with van der Waals surface area (Å²) in [6.07, 6.45) is -4.77. The number of para-hydroxylation sites is 1. The highest BCUT2D eigenvalue weighted by molar-refractivity contribution is 14.0. The Morgan fingerprint density at radius 3 is 2.61 bits per heavy atom. The number of benzene rings is 1. The number of halogens is 4. The van der Waals surface area contributed by atoms with Crippen molar-refractivity contribution >= 4 is 47.2 Å². The second kappa shape index (κ2) is 12.1. The SMILES string of the molecule is CCOC(=O)c1sc(C(C)NC(=NC)NCc2ccccc2OC(F)(F)F)nc1C.I. The summed E-state index contributed by atoms with van der Waals surface area (Å²) in [6.45, 7) is 5.62. The van der Waals surface area contributed by atoms with Crippen molar-refractivity contribution < 1.29 is 27.4 Å². The zero-order valence-electron chi connectivity index (χ0n) is 17.4.